The summed E-state index contributed by atoms with van der Waals surface area (Å²) in [6, 6.07) is 15.1. The number of rotatable bonds is 9. The number of hydrogen-bond donors (Lipinski definition) is 1. The van der Waals surface area contributed by atoms with Crippen LogP contribution in [0.1, 0.15) is 38.4 Å². The first kappa shape index (κ1) is 20.6. The van der Waals surface area contributed by atoms with Gasteiger partial charge in [0.25, 0.3) is 11.8 Å². The van der Waals surface area contributed by atoms with Gasteiger partial charge in [-0.3, -0.25) is 19.3 Å². The summed E-state index contributed by atoms with van der Waals surface area (Å²) in [6.07, 6.45) is 0.738. The number of carbonyl (C=O) groups is 3. The molecular weight excluding hydrogens is 416 g/mol. The highest BCUT2D eigenvalue weighted by atomic mass is 32.2. The summed E-state index contributed by atoms with van der Waals surface area (Å²) in [5.41, 5.74) is 1.10. The van der Waals surface area contributed by atoms with E-state index >= 15 is 0 Å². The average molecular weight is 439 g/mol. The van der Waals surface area contributed by atoms with E-state index in [1.165, 1.54) is 9.78 Å². The minimum absolute atomic E-state index is 0.0499. The summed E-state index contributed by atoms with van der Waals surface area (Å²) in [4.78, 5) is 40.3. The molecule has 0 unspecified atom stereocenters. The zero-order valence-corrected chi connectivity index (χ0v) is 18.1. The lowest BCUT2D eigenvalue weighted by Crippen LogP contribution is -2.41. The number of hydrogen-bond acceptors (Lipinski definition) is 5. The molecule has 0 saturated heterocycles. The Morgan fingerprint density at radius 1 is 1.00 bits per heavy atom. The molecular formula is C23H22N2O3S2. The van der Waals surface area contributed by atoms with Crippen LogP contribution in [0.2, 0.25) is 0 Å². The van der Waals surface area contributed by atoms with Crippen molar-refractivity contribution >= 4 is 51.6 Å². The van der Waals surface area contributed by atoms with Crippen LogP contribution >= 0.6 is 23.1 Å². The van der Waals surface area contributed by atoms with Crippen LogP contribution in [0.4, 0.5) is 0 Å². The fraction of sp³-hybridized carbons (Fsp3) is 0.261. The molecule has 3 amide bonds. The van der Waals surface area contributed by atoms with Gasteiger partial charge in [0.15, 0.2) is 0 Å². The molecule has 0 atom stereocenters. The highest BCUT2D eigenvalue weighted by Gasteiger charge is 2.32. The Morgan fingerprint density at radius 3 is 2.40 bits per heavy atom. The third-order valence-corrected chi connectivity index (χ3v) is 7.10. The van der Waals surface area contributed by atoms with Crippen LogP contribution in [0.15, 0.2) is 53.9 Å². The Labute approximate surface area is 183 Å². The Kier molecular flexibility index (Phi) is 6.50. The summed E-state index contributed by atoms with van der Waals surface area (Å²) in [5.74, 6) is 1.20. The quantitative estimate of drug-likeness (QED) is 0.399. The van der Waals surface area contributed by atoms with Gasteiger partial charge in [-0.1, -0.05) is 30.3 Å². The zero-order chi connectivity index (χ0) is 20.9. The Morgan fingerprint density at radius 2 is 1.73 bits per heavy atom. The average Bonchev–Trinajstić information content (AvgIpc) is 3.27. The van der Waals surface area contributed by atoms with Crippen molar-refractivity contribution in [3.05, 3.63) is 69.9 Å². The third kappa shape index (κ3) is 4.42. The number of amides is 3. The van der Waals surface area contributed by atoms with Gasteiger partial charge in [-0.25, -0.2) is 0 Å². The lowest BCUT2D eigenvalue weighted by molar-refractivity contribution is -0.121. The molecule has 0 bridgehead atoms. The lowest BCUT2D eigenvalue weighted by atomic mass is 9.94. The molecule has 7 heteroatoms. The molecule has 2 aromatic carbocycles. The fourth-order valence-electron chi connectivity index (χ4n) is 3.60. The van der Waals surface area contributed by atoms with Crippen LogP contribution in [-0.4, -0.2) is 41.5 Å². The van der Waals surface area contributed by atoms with E-state index in [1.54, 1.807) is 35.2 Å². The predicted octanol–water partition coefficient (Wildman–Crippen LogP) is 4.33. The molecule has 0 spiro atoms. The molecule has 1 aliphatic heterocycles. The van der Waals surface area contributed by atoms with Gasteiger partial charge in [-0.05, 0) is 35.4 Å². The van der Waals surface area contributed by atoms with Crippen molar-refractivity contribution in [1.82, 2.24) is 10.2 Å². The molecule has 3 aromatic rings. The second-order valence-corrected chi connectivity index (χ2v) is 9.19. The van der Waals surface area contributed by atoms with Gasteiger partial charge in [0.2, 0.25) is 5.91 Å². The first-order valence-electron chi connectivity index (χ1n) is 9.90. The van der Waals surface area contributed by atoms with Gasteiger partial charge in [-0.15, -0.1) is 11.3 Å². The van der Waals surface area contributed by atoms with E-state index in [9.17, 15) is 14.4 Å². The molecule has 5 nitrogen and oxygen atoms in total. The second-order valence-electron chi connectivity index (χ2n) is 7.06. The molecule has 0 radical (unpaired) electrons. The van der Waals surface area contributed by atoms with Crippen molar-refractivity contribution in [3.63, 3.8) is 0 Å². The van der Waals surface area contributed by atoms with E-state index in [0.29, 0.717) is 30.5 Å². The topological polar surface area (TPSA) is 66.5 Å². The van der Waals surface area contributed by atoms with E-state index in [-0.39, 0.29) is 24.3 Å². The van der Waals surface area contributed by atoms with Crippen LogP contribution in [0.25, 0.3) is 10.8 Å². The SMILES string of the molecule is O=C(CCCN1C(=O)c2cccc3cccc(c23)C1=O)NCCSCc1cccs1. The minimum atomic E-state index is -0.283. The van der Waals surface area contributed by atoms with Crippen LogP contribution in [0.3, 0.4) is 0 Å². The second kappa shape index (κ2) is 9.45. The van der Waals surface area contributed by atoms with Gasteiger partial charge < -0.3 is 5.32 Å². The monoisotopic (exact) mass is 438 g/mol. The highest BCUT2D eigenvalue weighted by Crippen LogP contribution is 2.30. The number of benzene rings is 2. The Hall–Kier alpha value is -2.64. The van der Waals surface area contributed by atoms with Gasteiger partial charge in [0, 0.05) is 52.4 Å². The molecule has 0 aliphatic carbocycles. The first-order valence-corrected chi connectivity index (χ1v) is 11.9. The van der Waals surface area contributed by atoms with Gasteiger partial charge in [0.1, 0.15) is 0 Å². The van der Waals surface area contributed by atoms with Crippen LogP contribution in [0, 0.1) is 0 Å². The predicted molar refractivity (Wildman–Crippen MR) is 122 cm³/mol. The van der Waals surface area contributed by atoms with Crippen molar-refractivity contribution in [3.8, 4) is 0 Å². The Balaban J connectivity index is 1.25. The smallest absolute Gasteiger partial charge is 0.261 e. The lowest BCUT2D eigenvalue weighted by Gasteiger charge is -2.27. The van der Waals surface area contributed by atoms with Crippen LogP contribution in [0.5, 0.6) is 0 Å². The number of imide groups is 1. The van der Waals surface area contributed by atoms with Gasteiger partial charge >= 0.3 is 0 Å². The molecule has 4 rings (SSSR count). The summed E-state index contributed by atoms with van der Waals surface area (Å²) in [7, 11) is 0. The first-order chi connectivity index (χ1) is 14.6. The highest BCUT2D eigenvalue weighted by molar-refractivity contribution is 7.98. The fourth-order valence-corrected chi connectivity index (χ4v) is 5.30. The van der Waals surface area contributed by atoms with Crippen molar-refractivity contribution in [2.45, 2.75) is 18.6 Å². The number of carbonyl (C=O) groups excluding carboxylic acids is 3. The maximum atomic E-state index is 12.8. The Bertz CT molecular complexity index is 1030. The largest absolute Gasteiger partial charge is 0.355 e. The van der Waals surface area contributed by atoms with Crippen molar-refractivity contribution in [2.24, 2.45) is 0 Å². The molecule has 30 heavy (non-hydrogen) atoms. The van der Waals surface area contributed by atoms with Gasteiger partial charge in [-0.2, -0.15) is 11.8 Å². The molecule has 0 fully saturated rings. The van der Waals surface area contributed by atoms with Crippen molar-refractivity contribution in [1.29, 1.82) is 0 Å². The number of thioether (sulfide) groups is 1. The van der Waals surface area contributed by atoms with E-state index in [4.69, 9.17) is 0 Å². The molecule has 1 aliphatic rings. The minimum Gasteiger partial charge on any atom is -0.355 e. The van der Waals surface area contributed by atoms with E-state index in [1.807, 2.05) is 30.3 Å². The van der Waals surface area contributed by atoms with E-state index in [2.05, 4.69) is 16.8 Å². The number of nitrogens with zero attached hydrogens (tertiary/aromatic N) is 1. The zero-order valence-electron chi connectivity index (χ0n) is 16.4. The summed E-state index contributed by atoms with van der Waals surface area (Å²) in [6.45, 7) is 0.856. The molecule has 0 saturated carbocycles. The molecule has 154 valence electrons. The normalized spacial score (nSPS) is 13.1. The summed E-state index contributed by atoms with van der Waals surface area (Å²) in [5, 5.41) is 6.59. The van der Waals surface area contributed by atoms with Crippen LogP contribution in [-0.2, 0) is 10.5 Å². The molecule has 1 aromatic heterocycles. The van der Waals surface area contributed by atoms with E-state index < -0.39 is 0 Å². The van der Waals surface area contributed by atoms with Crippen molar-refractivity contribution < 1.29 is 14.4 Å². The maximum absolute atomic E-state index is 12.8. The summed E-state index contributed by atoms with van der Waals surface area (Å²) < 4.78 is 0. The van der Waals surface area contributed by atoms with Crippen LogP contribution < -0.4 is 5.32 Å². The standard InChI is InChI=1S/C23H22N2O3S2/c26-20(24-11-14-29-15-17-7-4-13-30-17)10-3-12-25-22(27)18-8-1-5-16-6-2-9-19(21(16)18)23(25)28/h1-2,4-9,13H,3,10-12,14-15H2,(H,24,26). The van der Waals surface area contributed by atoms with Crippen molar-refractivity contribution in [2.75, 3.05) is 18.8 Å². The third-order valence-electron chi connectivity index (χ3n) is 5.03. The van der Waals surface area contributed by atoms with E-state index in [0.717, 1.165) is 22.3 Å². The molecule has 2 heterocycles. The summed E-state index contributed by atoms with van der Waals surface area (Å²) >= 11 is 3.53. The maximum Gasteiger partial charge on any atom is 0.261 e. The van der Waals surface area contributed by atoms with Gasteiger partial charge in [0.05, 0.1) is 0 Å². The molecule has 1 N–H and O–H groups in total. The number of nitrogens with one attached hydrogen (secondary N) is 1. The number of thiophene rings is 1.